The van der Waals surface area contributed by atoms with Gasteiger partial charge in [-0.05, 0) is 0 Å². The SMILES string of the molecule is Cl.[CH3][Ga][CH3]. The van der Waals surface area contributed by atoms with Gasteiger partial charge in [-0.1, -0.05) is 0 Å². The van der Waals surface area contributed by atoms with Crippen LogP contribution in [0, 0.1) is 0 Å². The molecule has 0 aromatic heterocycles. The zero-order valence-electron chi connectivity index (χ0n) is 2.99. The number of rotatable bonds is 0. The normalized spacial score (nSPS) is 3.50. The van der Waals surface area contributed by atoms with Gasteiger partial charge in [0.1, 0.15) is 0 Å². The van der Waals surface area contributed by atoms with Crippen molar-refractivity contribution in [2.24, 2.45) is 0 Å². The number of hydrogen-bond acceptors (Lipinski definition) is 0. The number of halogens is 1. The van der Waals surface area contributed by atoms with Crippen LogP contribution in [0.15, 0.2) is 0 Å². The summed E-state index contributed by atoms with van der Waals surface area (Å²) in [7, 11) is 0. The predicted octanol–water partition coefficient (Wildman–Crippen LogP) is 1.21. The number of hydrogen-bond donors (Lipinski definition) is 0. The van der Waals surface area contributed by atoms with Gasteiger partial charge in [0.05, 0.1) is 0 Å². The molecule has 0 fully saturated rings. The van der Waals surface area contributed by atoms with Crippen LogP contribution in [0.1, 0.15) is 0 Å². The van der Waals surface area contributed by atoms with E-state index >= 15 is 0 Å². The van der Waals surface area contributed by atoms with E-state index in [4.69, 9.17) is 0 Å². The van der Waals surface area contributed by atoms with E-state index in [0.29, 0.717) is 17.4 Å². The van der Waals surface area contributed by atoms with E-state index in [1.54, 1.807) is 0 Å². The van der Waals surface area contributed by atoms with Gasteiger partial charge < -0.3 is 0 Å². The monoisotopic (exact) mass is 135 g/mol. The summed E-state index contributed by atoms with van der Waals surface area (Å²) in [5, 5.41) is 0. The topological polar surface area (TPSA) is 0 Å². The van der Waals surface area contributed by atoms with Crippen LogP contribution >= 0.6 is 12.4 Å². The van der Waals surface area contributed by atoms with Gasteiger partial charge in [-0.15, -0.1) is 12.4 Å². The fourth-order valence-corrected chi connectivity index (χ4v) is 0. The molecule has 1 radical (unpaired) electrons. The van der Waals surface area contributed by atoms with Crippen molar-refractivity contribution in [3.05, 3.63) is 0 Å². The second-order valence-corrected chi connectivity index (χ2v) is 3.00. The maximum atomic E-state index is 2.28. The van der Waals surface area contributed by atoms with E-state index in [0.717, 1.165) is 0 Å². The quantitative estimate of drug-likeness (QED) is 0.439. The van der Waals surface area contributed by atoms with Crippen LogP contribution in [0.5, 0.6) is 0 Å². The molecule has 0 aliphatic heterocycles. The van der Waals surface area contributed by atoms with Crippen LogP contribution < -0.4 is 0 Å². The summed E-state index contributed by atoms with van der Waals surface area (Å²) in [4.78, 5) is 0. The van der Waals surface area contributed by atoms with Crippen molar-refractivity contribution < 1.29 is 0 Å². The molecule has 25 valence electrons. The second-order valence-electron chi connectivity index (χ2n) is 0.577. The third-order valence-corrected chi connectivity index (χ3v) is 0. The minimum absolute atomic E-state index is 0. The second kappa shape index (κ2) is 9.06. The molecule has 0 nitrogen and oxygen atoms in total. The van der Waals surface area contributed by atoms with Gasteiger partial charge in [0.15, 0.2) is 0 Å². The van der Waals surface area contributed by atoms with Gasteiger partial charge in [0.2, 0.25) is 0 Å². The predicted molar refractivity (Wildman–Crippen MR) is 24.7 cm³/mol. The van der Waals surface area contributed by atoms with Crippen molar-refractivity contribution in [1.29, 1.82) is 0 Å². The molecule has 0 aromatic carbocycles. The first-order valence-corrected chi connectivity index (χ1v) is 6.00. The van der Waals surface area contributed by atoms with E-state index in [1.165, 1.54) is 0 Å². The molecule has 2 heteroatoms. The first kappa shape index (κ1) is 8.87. The van der Waals surface area contributed by atoms with E-state index in [2.05, 4.69) is 11.0 Å². The molecule has 0 bridgehead atoms. The van der Waals surface area contributed by atoms with Crippen molar-refractivity contribution in [3.63, 3.8) is 0 Å². The Hall–Kier alpha value is 0.926. The summed E-state index contributed by atoms with van der Waals surface area (Å²) < 4.78 is 0. The fourth-order valence-electron chi connectivity index (χ4n) is 0. The Bertz CT molecular complexity index is 6.00. The summed E-state index contributed by atoms with van der Waals surface area (Å²) in [5.74, 6) is 0. The molecule has 0 aliphatic rings. The third kappa shape index (κ3) is 12.7. The van der Waals surface area contributed by atoms with Crippen LogP contribution in [0.3, 0.4) is 0 Å². The average molecular weight is 136 g/mol. The summed E-state index contributed by atoms with van der Waals surface area (Å²) in [6, 6.07) is 0. The Morgan fingerprint density at radius 1 is 1.25 bits per heavy atom. The molecule has 4 heavy (non-hydrogen) atoms. The molecule has 0 amide bonds. The Kier molecular flexibility index (Phi) is 20.1. The van der Waals surface area contributed by atoms with Gasteiger partial charge in [0.25, 0.3) is 0 Å². The van der Waals surface area contributed by atoms with Crippen molar-refractivity contribution in [3.8, 4) is 0 Å². The molecule has 0 spiro atoms. The van der Waals surface area contributed by atoms with E-state index in [-0.39, 0.29) is 12.4 Å². The summed E-state index contributed by atoms with van der Waals surface area (Å²) in [6.45, 7) is 0. The van der Waals surface area contributed by atoms with Crippen molar-refractivity contribution in [2.75, 3.05) is 0 Å². The van der Waals surface area contributed by atoms with Crippen LogP contribution in [-0.2, 0) is 0 Å². The molecule has 0 saturated carbocycles. The van der Waals surface area contributed by atoms with Gasteiger partial charge >= 0.3 is 28.4 Å². The Labute approximate surface area is 41.2 Å². The molecule has 0 rings (SSSR count). The van der Waals surface area contributed by atoms with Crippen molar-refractivity contribution in [2.45, 2.75) is 11.0 Å². The molecule has 0 saturated heterocycles. The van der Waals surface area contributed by atoms with Crippen molar-refractivity contribution in [1.82, 2.24) is 0 Å². The van der Waals surface area contributed by atoms with Crippen LogP contribution in [0.4, 0.5) is 0 Å². The molecule has 0 aromatic rings. The Morgan fingerprint density at radius 3 is 1.25 bits per heavy atom. The van der Waals surface area contributed by atoms with Gasteiger partial charge in [-0.2, -0.15) is 0 Å². The summed E-state index contributed by atoms with van der Waals surface area (Å²) in [6.07, 6.45) is 0. The van der Waals surface area contributed by atoms with Crippen LogP contribution in [-0.4, -0.2) is 17.4 Å². The first-order valence-electron chi connectivity index (χ1n) is 1.15. The molecule has 0 aliphatic carbocycles. The molecule has 0 heterocycles. The molecule has 0 atom stereocenters. The summed E-state index contributed by atoms with van der Waals surface area (Å²) in [5.41, 5.74) is 4.56. The van der Waals surface area contributed by atoms with Gasteiger partial charge in [-0.3, -0.25) is 0 Å². The molecule has 0 unspecified atom stereocenters. The molecular weight excluding hydrogens is 129 g/mol. The Balaban J connectivity index is 0. The minimum atomic E-state index is 0. The van der Waals surface area contributed by atoms with Crippen LogP contribution in [0.25, 0.3) is 0 Å². The van der Waals surface area contributed by atoms with Gasteiger partial charge in [-0.25, -0.2) is 0 Å². The fraction of sp³-hybridized carbons (Fsp3) is 1.00. The molecular formula is C2H7ClGa. The third-order valence-electron chi connectivity index (χ3n) is 0. The van der Waals surface area contributed by atoms with Crippen molar-refractivity contribution >= 4 is 29.8 Å². The molecule has 0 N–H and O–H groups in total. The average Bonchev–Trinajstić information content (AvgIpc) is 0.918. The van der Waals surface area contributed by atoms with E-state index in [9.17, 15) is 0 Å². The van der Waals surface area contributed by atoms with Gasteiger partial charge in [0, 0.05) is 0 Å². The van der Waals surface area contributed by atoms with E-state index < -0.39 is 0 Å². The standard InChI is InChI=1S/2CH3.ClH.Ga/h2*1H3;1H;. The van der Waals surface area contributed by atoms with Crippen LogP contribution in [0.2, 0.25) is 11.0 Å². The van der Waals surface area contributed by atoms with E-state index in [1.807, 2.05) is 0 Å². The Morgan fingerprint density at radius 2 is 1.25 bits per heavy atom. The first-order chi connectivity index (χ1) is 1.41. The zero-order chi connectivity index (χ0) is 2.71. The summed E-state index contributed by atoms with van der Waals surface area (Å²) >= 11 is 0.312. The zero-order valence-corrected chi connectivity index (χ0v) is 6.22. The maximum absolute atomic E-state index is 2.28.